The number of fused-ring (bicyclic) bond motifs is 13. The molecule has 4 aromatic heterocycles. The summed E-state index contributed by atoms with van der Waals surface area (Å²) in [5, 5.41) is 4.73. The van der Waals surface area contributed by atoms with Crippen molar-refractivity contribution in [2.24, 2.45) is 0 Å². The van der Waals surface area contributed by atoms with E-state index in [1.54, 1.807) is 0 Å². The monoisotopic (exact) mass is 528 g/mol. The summed E-state index contributed by atoms with van der Waals surface area (Å²) >= 11 is 0. The molecule has 4 heterocycles. The molecule has 1 aliphatic carbocycles. The van der Waals surface area contributed by atoms with Gasteiger partial charge in [0.25, 0.3) is 0 Å². The standard InChI is InChI=1S/C37H28N4/c1-2-10-24-20-19-23-13-9-18-31(34(23)35(24)38)40-30-17-8-5-14-27(30)36-37(40)32-21-25-11-3-6-15-28(25)39(32)33-22-26-12-4-7-16-29(26)41(33)36/h2-7,9-16,18-22H,8,17,38H2,1H3/b10-2-. The maximum Gasteiger partial charge on any atom is 0.123 e. The maximum absolute atomic E-state index is 6.97. The Morgan fingerprint density at radius 3 is 2.32 bits per heavy atom. The highest BCUT2D eigenvalue weighted by molar-refractivity contribution is 6.11. The maximum atomic E-state index is 6.97. The Kier molecular flexibility index (Phi) is 4.49. The van der Waals surface area contributed by atoms with Crippen molar-refractivity contribution in [3.05, 3.63) is 120 Å². The van der Waals surface area contributed by atoms with E-state index in [9.17, 15) is 0 Å². The lowest BCUT2D eigenvalue weighted by Crippen LogP contribution is -2.05. The summed E-state index contributed by atoms with van der Waals surface area (Å²) in [6.45, 7) is 2.04. The van der Waals surface area contributed by atoms with Crippen molar-refractivity contribution in [2.45, 2.75) is 19.8 Å². The Labute approximate surface area is 236 Å². The highest BCUT2D eigenvalue weighted by Gasteiger charge is 2.27. The summed E-state index contributed by atoms with van der Waals surface area (Å²) in [4.78, 5) is 0. The Morgan fingerprint density at radius 2 is 1.49 bits per heavy atom. The van der Waals surface area contributed by atoms with Gasteiger partial charge in [-0.2, -0.15) is 0 Å². The molecule has 0 bridgehead atoms. The molecule has 0 radical (unpaired) electrons. The van der Waals surface area contributed by atoms with Gasteiger partial charge in [-0.1, -0.05) is 85.0 Å². The smallest absolute Gasteiger partial charge is 0.123 e. The van der Waals surface area contributed by atoms with Gasteiger partial charge in [-0.05, 0) is 61.0 Å². The van der Waals surface area contributed by atoms with Gasteiger partial charge in [0.15, 0.2) is 0 Å². The van der Waals surface area contributed by atoms with Crippen LogP contribution in [0.25, 0.3) is 72.6 Å². The third kappa shape index (κ3) is 2.89. The highest BCUT2D eigenvalue weighted by atomic mass is 15.1. The lowest BCUT2D eigenvalue weighted by Gasteiger charge is -2.18. The molecule has 1 aliphatic rings. The molecule has 0 atom stereocenters. The van der Waals surface area contributed by atoms with Crippen molar-refractivity contribution >= 4 is 72.6 Å². The molecule has 196 valence electrons. The largest absolute Gasteiger partial charge is 0.398 e. The number of hydrogen-bond acceptors (Lipinski definition) is 1. The van der Waals surface area contributed by atoms with Crippen molar-refractivity contribution in [1.82, 2.24) is 13.4 Å². The van der Waals surface area contributed by atoms with Gasteiger partial charge >= 0.3 is 0 Å². The summed E-state index contributed by atoms with van der Waals surface area (Å²) in [5.74, 6) is 0. The van der Waals surface area contributed by atoms with Crippen LogP contribution in [0.3, 0.4) is 0 Å². The van der Waals surface area contributed by atoms with Gasteiger partial charge in [0.2, 0.25) is 0 Å². The van der Waals surface area contributed by atoms with Gasteiger partial charge in [-0.15, -0.1) is 0 Å². The predicted molar refractivity (Wildman–Crippen MR) is 174 cm³/mol. The Morgan fingerprint density at radius 1 is 0.732 bits per heavy atom. The Hall–Kier alpha value is -5.22. The van der Waals surface area contributed by atoms with E-state index in [4.69, 9.17) is 5.73 Å². The number of rotatable bonds is 2. The third-order valence-electron chi connectivity index (χ3n) is 8.90. The van der Waals surface area contributed by atoms with Crippen LogP contribution in [0.15, 0.2) is 103 Å². The van der Waals surface area contributed by atoms with E-state index in [2.05, 4.69) is 129 Å². The van der Waals surface area contributed by atoms with Crippen molar-refractivity contribution in [3.8, 4) is 5.69 Å². The fourth-order valence-corrected chi connectivity index (χ4v) is 7.23. The fraction of sp³-hybridized carbons (Fsp3) is 0.0811. The molecule has 2 N–H and O–H groups in total. The molecule has 4 aromatic carbocycles. The SMILES string of the molecule is C/C=C\c1ccc2cccc(-n3c4c(c5c3c3cc6ccccc6n3c3cc6ccccc6n53)C=CCC4)c2c1N. The molecule has 4 heteroatoms. The number of nitrogen functional groups attached to an aromatic ring is 1. The van der Waals surface area contributed by atoms with Crippen LogP contribution in [-0.2, 0) is 6.42 Å². The molecule has 0 spiro atoms. The van der Waals surface area contributed by atoms with Crippen LogP contribution >= 0.6 is 0 Å². The summed E-state index contributed by atoms with van der Waals surface area (Å²) in [6, 6.07) is 33.1. The van der Waals surface area contributed by atoms with Gasteiger partial charge < -0.3 is 10.3 Å². The van der Waals surface area contributed by atoms with E-state index in [0.29, 0.717) is 0 Å². The fourth-order valence-electron chi connectivity index (χ4n) is 7.23. The normalized spacial score (nSPS) is 13.7. The van der Waals surface area contributed by atoms with E-state index in [0.717, 1.165) is 40.6 Å². The molecule has 0 amide bonds. The molecule has 9 rings (SSSR count). The molecule has 0 unspecified atom stereocenters. The van der Waals surface area contributed by atoms with Gasteiger partial charge in [-0.25, -0.2) is 0 Å². The zero-order valence-corrected chi connectivity index (χ0v) is 22.8. The average molecular weight is 529 g/mol. The molecule has 0 aliphatic heterocycles. The predicted octanol–water partition coefficient (Wildman–Crippen LogP) is 9.17. The second kappa shape index (κ2) is 8.15. The molecule has 8 aromatic rings. The number of hydrogen-bond donors (Lipinski definition) is 1. The number of nitrogens with two attached hydrogens (primary N) is 1. The van der Waals surface area contributed by atoms with Gasteiger partial charge in [-0.3, -0.25) is 8.80 Å². The topological polar surface area (TPSA) is 39.8 Å². The zero-order valence-electron chi connectivity index (χ0n) is 22.8. The van der Waals surface area contributed by atoms with Gasteiger partial charge in [0, 0.05) is 33.1 Å². The van der Waals surface area contributed by atoms with Gasteiger partial charge in [0.1, 0.15) is 5.65 Å². The number of aromatic nitrogens is 3. The van der Waals surface area contributed by atoms with E-state index in [1.807, 2.05) is 6.92 Å². The Bertz CT molecular complexity index is 2440. The van der Waals surface area contributed by atoms with Crippen LogP contribution in [0, 0.1) is 0 Å². The lowest BCUT2D eigenvalue weighted by molar-refractivity contribution is 0.892. The van der Waals surface area contributed by atoms with E-state index in [-0.39, 0.29) is 0 Å². The highest BCUT2D eigenvalue weighted by Crippen LogP contribution is 2.43. The van der Waals surface area contributed by atoms with Crippen molar-refractivity contribution < 1.29 is 0 Å². The second-order valence-electron chi connectivity index (χ2n) is 11.1. The van der Waals surface area contributed by atoms with Crippen LogP contribution in [0.2, 0.25) is 0 Å². The molecular weight excluding hydrogens is 500 g/mol. The summed E-state index contributed by atoms with van der Waals surface area (Å²) in [6.07, 6.45) is 10.8. The molecule has 4 nitrogen and oxygen atoms in total. The molecule has 0 fully saturated rings. The molecule has 0 saturated carbocycles. The Balaban J connectivity index is 1.60. The molecule has 41 heavy (non-hydrogen) atoms. The number of para-hydroxylation sites is 2. The lowest BCUT2D eigenvalue weighted by atomic mass is 10.0. The van der Waals surface area contributed by atoms with Crippen LogP contribution in [0.5, 0.6) is 0 Å². The quantitative estimate of drug-likeness (QED) is 0.223. The first-order valence-corrected chi connectivity index (χ1v) is 14.3. The first kappa shape index (κ1) is 22.6. The van der Waals surface area contributed by atoms with Crippen LogP contribution in [0.4, 0.5) is 5.69 Å². The number of nitrogens with zero attached hydrogens (tertiary/aromatic N) is 3. The summed E-state index contributed by atoms with van der Waals surface area (Å²) < 4.78 is 7.45. The minimum absolute atomic E-state index is 0.821. The van der Waals surface area contributed by atoms with Crippen LogP contribution < -0.4 is 5.73 Å². The molecule has 0 saturated heterocycles. The zero-order chi connectivity index (χ0) is 27.2. The minimum atomic E-state index is 0.821. The van der Waals surface area contributed by atoms with Crippen molar-refractivity contribution in [3.63, 3.8) is 0 Å². The average Bonchev–Trinajstić information content (AvgIpc) is 3.68. The summed E-state index contributed by atoms with van der Waals surface area (Å²) in [5.41, 5.74) is 19.9. The summed E-state index contributed by atoms with van der Waals surface area (Å²) in [7, 11) is 0. The molecular formula is C37H28N4. The van der Waals surface area contributed by atoms with E-state index >= 15 is 0 Å². The number of allylic oxidation sites excluding steroid dienone is 2. The van der Waals surface area contributed by atoms with Gasteiger partial charge in [0.05, 0.1) is 33.3 Å². The third-order valence-corrected chi connectivity index (χ3v) is 8.90. The first-order chi connectivity index (χ1) is 20.2. The van der Waals surface area contributed by atoms with E-state index in [1.165, 1.54) is 55.3 Å². The van der Waals surface area contributed by atoms with E-state index < -0.39 is 0 Å². The number of anilines is 1. The first-order valence-electron chi connectivity index (χ1n) is 14.3. The van der Waals surface area contributed by atoms with Crippen LogP contribution in [0.1, 0.15) is 30.2 Å². The van der Waals surface area contributed by atoms with Crippen molar-refractivity contribution in [2.75, 3.05) is 5.73 Å². The number of benzene rings is 4. The van der Waals surface area contributed by atoms with Crippen molar-refractivity contribution in [1.29, 1.82) is 0 Å². The van der Waals surface area contributed by atoms with Crippen LogP contribution in [-0.4, -0.2) is 13.4 Å². The minimum Gasteiger partial charge on any atom is -0.398 e. The second-order valence-corrected chi connectivity index (χ2v) is 11.1.